The highest BCUT2D eigenvalue weighted by atomic mass is 19.4. The fourth-order valence-corrected chi connectivity index (χ4v) is 4.21. The Labute approximate surface area is 181 Å². The molecule has 9 nitrogen and oxygen atoms in total. The SMILES string of the molecule is O=C(C1CC(O)C1)N1CC[C@]2(C1)C(=O)NC[C@@H]2COc1cccnc1.O=C(O)C(F)(F)F. The van der Waals surface area contributed by atoms with Crippen LogP contribution >= 0.6 is 0 Å². The number of carbonyl (C=O) groups is 3. The second-order valence-electron chi connectivity index (χ2n) is 8.20. The third kappa shape index (κ3) is 5.12. The number of aliphatic carboxylic acids is 1. The number of alkyl halides is 3. The Kier molecular flexibility index (Phi) is 6.91. The molecule has 2 saturated heterocycles. The average Bonchev–Trinajstić information content (AvgIpc) is 3.30. The highest BCUT2D eigenvalue weighted by Gasteiger charge is 2.55. The van der Waals surface area contributed by atoms with Crippen molar-refractivity contribution in [3.8, 4) is 5.75 Å². The maximum Gasteiger partial charge on any atom is 0.490 e. The van der Waals surface area contributed by atoms with E-state index in [9.17, 15) is 27.9 Å². The van der Waals surface area contributed by atoms with Gasteiger partial charge in [0.2, 0.25) is 11.8 Å². The Morgan fingerprint density at radius 2 is 2.03 bits per heavy atom. The summed E-state index contributed by atoms with van der Waals surface area (Å²) in [5.41, 5.74) is -0.555. The monoisotopic (exact) mass is 459 g/mol. The highest BCUT2D eigenvalue weighted by Crippen LogP contribution is 2.43. The third-order valence-electron chi connectivity index (χ3n) is 6.15. The van der Waals surface area contributed by atoms with E-state index in [1.54, 1.807) is 17.3 Å². The number of pyridine rings is 1. The van der Waals surface area contributed by atoms with Crippen LogP contribution in [0.25, 0.3) is 0 Å². The van der Waals surface area contributed by atoms with Gasteiger partial charge in [0.1, 0.15) is 5.75 Å². The zero-order chi connectivity index (χ0) is 23.5. The molecule has 1 saturated carbocycles. The van der Waals surface area contributed by atoms with E-state index < -0.39 is 17.6 Å². The second-order valence-corrected chi connectivity index (χ2v) is 8.20. The molecule has 12 heteroatoms. The minimum atomic E-state index is -5.08. The summed E-state index contributed by atoms with van der Waals surface area (Å²) in [5.74, 6) is -2.02. The number of carboxylic acids is 1. The normalized spacial score (nSPS) is 29.1. The third-order valence-corrected chi connectivity index (χ3v) is 6.15. The summed E-state index contributed by atoms with van der Waals surface area (Å²) in [5, 5.41) is 19.5. The lowest BCUT2D eigenvalue weighted by Crippen LogP contribution is -2.45. The van der Waals surface area contributed by atoms with E-state index >= 15 is 0 Å². The number of aliphatic hydroxyl groups is 1. The number of likely N-dealkylation sites (tertiary alicyclic amines) is 1. The van der Waals surface area contributed by atoms with Crippen molar-refractivity contribution in [2.24, 2.45) is 17.3 Å². The van der Waals surface area contributed by atoms with Gasteiger partial charge in [0, 0.05) is 37.7 Å². The number of carbonyl (C=O) groups excluding carboxylic acids is 2. The molecule has 3 N–H and O–H groups in total. The van der Waals surface area contributed by atoms with Gasteiger partial charge in [0.15, 0.2) is 0 Å². The van der Waals surface area contributed by atoms with Crippen molar-refractivity contribution < 1.29 is 42.5 Å². The summed E-state index contributed by atoms with van der Waals surface area (Å²) in [4.78, 5) is 39.8. The topological polar surface area (TPSA) is 129 Å². The molecular weight excluding hydrogens is 435 g/mol. The minimum absolute atomic E-state index is 0.0243. The fraction of sp³-hybridized carbons (Fsp3) is 0.600. The van der Waals surface area contributed by atoms with Crippen molar-refractivity contribution >= 4 is 17.8 Å². The number of hydrogen-bond acceptors (Lipinski definition) is 6. The van der Waals surface area contributed by atoms with Gasteiger partial charge in [-0.15, -0.1) is 0 Å². The van der Waals surface area contributed by atoms with Gasteiger partial charge in [-0.3, -0.25) is 14.6 Å². The van der Waals surface area contributed by atoms with Gasteiger partial charge in [-0.25, -0.2) is 4.79 Å². The molecular formula is C20H24F3N3O6. The first-order chi connectivity index (χ1) is 15.0. The maximum absolute atomic E-state index is 12.5. The molecule has 0 aromatic carbocycles. The number of hydrogen-bond donors (Lipinski definition) is 3. The first-order valence-electron chi connectivity index (χ1n) is 10.1. The van der Waals surface area contributed by atoms with E-state index in [2.05, 4.69) is 10.3 Å². The molecule has 2 amide bonds. The molecule has 3 heterocycles. The number of aliphatic hydroxyl groups excluding tert-OH is 1. The molecule has 2 atom stereocenters. The predicted molar refractivity (Wildman–Crippen MR) is 102 cm³/mol. The molecule has 0 radical (unpaired) electrons. The molecule has 1 aromatic rings. The van der Waals surface area contributed by atoms with Gasteiger partial charge in [-0.2, -0.15) is 13.2 Å². The molecule has 1 aromatic heterocycles. The van der Waals surface area contributed by atoms with Crippen LogP contribution < -0.4 is 10.1 Å². The minimum Gasteiger partial charge on any atom is -0.492 e. The van der Waals surface area contributed by atoms with E-state index in [1.165, 1.54) is 0 Å². The van der Waals surface area contributed by atoms with Crippen molar-refractivity contribution in [1.82, 2.24) is 15.2 Å². The van der Waals surface area contributed by atoms with Gasteiger partial charge in [0.05, 0.1) is 24.3 Å². The molecule has 32 heavy (non-hydrogen) atoms. The van der Waals surface area contributed by atoms with E-state index in [0.717, 1.165) is 0 Å². The second kappa shape index (κ2) is 9.31. The summed E-state index contributed by atoms with van der Waals surface area (Å²) in [7, 11) is 0. The number of nitrogens with one attached hydrogen (secondary N) is 1. The molecule has 0 bridgehead atoms. The van der Waals surface area contributed by atoms with Gasteiger partial charge in [-0.05, 0) is 31.4 Å². The Balaban J connectivity index is 0.000000360. The Morgan fingerprint density at radius 3 is 2.59 bits per heavy atom. The Bertz CT molecular complexity index is 847. The summed E-state index contributed by atoms with van der Waals surface area (Å²) in [6.07, 6.45) is -0.331. The maximum atomic E-state index is 12.5. The van der Waals surface area contributed by atoms with Crippen LogP contribution in [0, 0.1) is 17.3 Å². The molecule has 2 aliphatic heterocycles. The zero-order valence-corrected chi connectivity index (χ0v) is 17.0. The lowest BCUT2D eigenvalue weighted by molar-refractivity contribution is -0.192. The summed E-state index contributed by atoms with van der Waals surface area (Å²) in [6.45, 7) is 2.05. The smallest absolute Gasteiger partial charge is 0.490 e. The van der Waals surface area contributed by atoms with Crippen molar-refractivity contribution in [3.05, 3.63) is 24.5 Å². The van der Waals surface area contributed by atoms with Crippen LogP contribution in [-0.4, -0.2) is 76.4 Å². The lowest BCUT2D eigenvalue weighted by atomic mass is 9.77. The number of halogens is 3. The molecule has 0 unspecified atom stereocenters. The molecule has 176 valence electrons. The van der Waals surface area contributed by atoms with E-state index in [-0.39, 0.29) is 29.8 Å². The largest absolute Gasteiger partial charge is 0.492 e. The molecule has 1 aliphatic carbocycles. The van der Waals surface area contributed by atoms with E-state index in [0.29, 0.717) is 51.3 Å². The molecule has 4 rings (SSSR count). The summed E-state index contributed by atoms with van der Waals surface area (Å²) < 4.78 is 37.6. The van der Waals surface area contributed by atoms with Crippen LogP contribution in [0.5, 0.6) is 5.75 Å². The predicted octanol–water partition coefficient (Wildman–Crippen LogP) is 0.829. The number of carboxylic acid groups (broad SMARTS) is 1. The highest BCUT2D eigenvalue weighted by molar-refractivity contribution is 5.88. The summed E-state index contributed by atoms with van der Waals surface area (Å²) >= 11 is 0. The number of nitrogens with zero attached hydrogens (tertiary/aromatic N) is 2. The standard InChI is InChI=1S/C18H23N3O4.C2HF3O2/c22-14-6-12(7-14)16(23)21-5-3-18(11-21)13(8-20-17(18)24)10-25-15-2-1-4-19-9-15;3-2(4,5)1(6)7/h1-2,4,9,12-14,22H,3,5-8,10-11H2,(H,20,24);(H,6,7)/t12?,13-,14?,18-;/m1./s1. The van der Waals surface area contributed by atoms with Crippen molar-refractivity contribution in [3.63, 3.8) is 0 Å². The number of amides is 2. The van der Waals surface area contributed by atoms with Crippen molar-refractivity contribution in [1.29, 1.82) is 0 Å². The van der Waals surface area contributed by atoms with Gasteiger partial charge < -0.3 is 25.2 Å². The van der Waals surface area contributed by atoms with Crippen LogP contribution in [0.15, 0.2) is 24.5 Å². The quantitative estimate of drug-likeness (QED) is 0.608. The van der Waals surface area contributed by atoms with Crippen molar-refractivity contribution in [2.75, 3.05) is 26.2 Å². The first kappa shape index (κ1) is 23.8. The van der Waals surface area contributed by atoms with Gasteiger partial charge in [0.25, 0.3) is 0 Å². The van der Waals surface area contributed by atoms with Crippen LogP contribution in [0.2, 0.25) is 0 Å². The van der Waals surface area contributed by atoms with Crippen LogP contribution in [0.4, 0.5) is 13.2 Å². The van der Waals surface area contributed by atoms with Crippen LogP contribution in [0.3, 0.4) is 0 Å². The number of aromatic nitrogens is 1. The molecule has 3 fully saturated rings. The van der Waals surface area contributed by atoms with Crippen LogP contribution in [0.1, 0.15) is 19.3 Å². The zero-order valence-electron chi connectivity index (χ0n) is 17.0. The molecule has 1 spiro atoms. The number of ether oxygens (including phenoxy) is 1. The first-order valence-corrected chi connectivity index (χ1v) is 10.1. The number of rotatable bonds is 4. The lowest BCUT2D eigenvalue weighted by Gasteiger charge is -2.34. The van der Waals surface area contributed by atoms with Gasteiger partial charge >= 0.3 is 12.1 Å². The fourth-order valence-electron chi connectivity index (χ4n) is 4.21. The summed E-state index contributed by atoms with van der Waals surface area (Å²) in [6, 6.07) is 3.66. The average molecular weight is 459 g/mol. The van der Waals surface area contributed by atoms with E-state index in [1.807, 2.05) is 12.1 Å². The van der Waals surface area contributed by atoms with Crippen molar-refractivity contribution in [2.45, 2.75) is 31.5 Å². The Morgan fingerprint density at radius 1 is 1.34 bits per heavy atom. The Hall–Kier alpha value is -2.89. The van der Waals surface area contributed by atoms with Crippen LogP contribution in [-0.2, 0) is 14.4 Å². The van der Waals surface area contributed by atoms with Gasteiger partial charge in [-0.1, -0.05) is 0 Å². The molecule has 3 aliphatic rings. The van der Waals surface area contributed by atoms with E-state index in [4.69, 9.17) is 14.6 Å².